The van der Waals surface area contributed by atoms with E-state index in [-0.39, 0.29) is 0 Å². The minimum absolute atomic E-state index is 0.479. The van der Waals surface area contributed by atoms with Crippen molar-refractivity contribution >= 4 is 17.2 Å². The Labute approximate surface area is 85.1 Å². The lowest BCUT2D eigenvalue weighted by Gasteiger charge is -2.07. The van der Waals surface area contributed by atoms with Crippen LogP contribution in [0.4, 0.5) is 11.4 Å². The zero-order valence-corrected chi connectivity index (χ0v) is 8.70. The predicted octanol–water partition coefficient (Wildman–Crippen LogP) is 3.40. The van der Waals surface area contributed by atoms with Crippen molar-refractivity contribution in [3.63, 3.8) is 0 Å². The maximum atomic E-state index is 4.52. The Kier molecular flexibility index (Phi) is 2.53. The highest BCUT2D eigenvalue weighted by molar-refractivity contribution is 5.97. The summed E-state index contributed by atoms with van der Waals surface area (Å²) in [5, 5.41) is 4.52. The van der Waals surface area contributed by atoms with E-state index in [0.717, 1.165) is 23.6 Å². The van der Waals surface area contributed by atoms with Crippen LogP contribution < -0.4 is 5.32 Å². The molecule has 1 radical (unpaired) electrons. The fraction of sp³-hybridized carbons (Fsp3) is 0.417. The molecule has 0 spiro atoms. The van der Waals surface area contributed by atoms with E-state index in [1.54, 1.807) is 0 Å². The molecule has 0 aliphatic carbocycles. The van der Waals surface area contributed by atoms with E-state index >= 15 is 0 Å². The summed E-state index contributed by atoms with van der Waals surface area (Å²) >= 11 is 0. The standard InChI is InChI=1S/C12H15N2/c1-3-6-9(2)12-13-10-7-4-5-8-11(10)14-12/h4-5,7-9H,3,6H2,1-2H3. The van der Waals surface area contributed by atoms with Crippen LogP contribution in [0.5, 0.6) is 0 Å². The van der Waals surface area contributed by atoms with Crippen LogP contribution in [0, 0.1) is 5.92 Å². The van der Waals surface area contributed by atoms with Gasteiger partial charge in [-0.2, -0.15) is 0 Å². The fourth-order valence-electron chi connectivity index (χ4n) is 1.71. The summed E-state index contributed by atoms with van der Waals surface area (Å²) in [6.07, 6.45) is 2.35. The van der Waals surface area contributed by atoms with Crippen LogP contribution in [0.1, 0.15) is 26.7 Å². The highest BCUT2D eigenvalue weighted by Gasteiger charge is 2.19. The molecule has 0 fully saturated rings. The lowest BCUT2D eigenvalue weighted by molar-refractivity contribution is 0.656. The van der Waals surface area contributed by atoms with Crippen molar-refractivity contribution in [1.82, 2.24) is 5.32 Å². The number of para-hydroxylation sites is 2. The van der Waals surface area contributed by atoms with E-state index < -0.39 is 0 Å². The third-order valence-corrected chi connectivity index (χ3v) is 2.51. The van der Waals surface area contributed by atoms with Crippen molar-refractivity contribution in [2.24, 2.45) is 10.9 Å². The molecule has 0 aromatic heterocycles. The van der Waals surface area contributed by atoms with Crippen LogP contribution in [-0.4, -0.2) is 5.84 Å². The molecule has 2 nitrogen and oxygen atoms in total. The molecule has 1 unspecified atom stereocenters. The lowest BCUT2D eigenvalue weighted by atomic mass is 10.1. The van der Waals surface area contributed by atoms with Crippen LogP contribution in [0.3, 0.4) is 0 Å². The Morgan fingerprint density at radius 2 is 1.93 bits per heavy atom. The number of fused-ring (bicyclic) bond motifs is 1. The summed E-state index contributed by atoms with van der Waals surface area (Å²) in [4.78, 5) is 4.52. The highest BCUT2D eigenvalue weighted by Crippen LogP contribution is 2.31. The van der Waals surface area contributed by atoms with Crippen molar-refractivity contribution in [2.45, 2.75) is 26.7 Å². The van der Waals surface area contributed by atoms with Gasteiger partial charge in [-0.3, -0.25) is 0 Å². The molecule has 14 heavy (non-hydrogen) atoms. The predicted molar refractivity (Wildman–Crippen MR) is 59.4 cm³/mol. The molecule has 0 amide bonds. The topological polar surface area (TPSA) is 26.5 Å². The Bertz CT molecular complexity index is 355. The van der Waals surface area contributed by atoms with Crippen LogP contribution >= 0.6 is 0 Å². The Morgan fingerprint density at radius 1 is 1.21 bits per heavy atom. The first kappa shape index (κ1) is 9.25. The van der Waals surface area contributed by atoms with Gasteiger partial charge in [0.05, 0.1) is 11.4 Å². The molecule has 1 aliphatic heterocycles. The third kappa shape index (κ3) is 1.65. The molecule has 0 N–H and O–H groups in total. The summed E-state index contributed by atoms with van der Waals surface area (Å²) in [6, 6.07) is 8.05. The molecular formula is C12H15N2. The van der Waals surface area contributed by atoms with Crippen LogP contribution in [0.25, 0.3) is 0 Å². The molecule has 1 aromatic rings. The van der Waals surface area contributed by atoms with Gasteiger partial charge in [0.2, 0.25) is 0 Å². The number of nitrogens with zero attached hydrogens (tertiary/aromatic N) is 2. The highest BCUT2D eigenvalue weighted by atomic mass is 15.1. The molecule has 1 atom stereocenters. The van der Waals surface area contributed by atoms with Gasteiger partial charge in [0.15, 0.2) is 0 Å². The first-order valence-corrected chi connectivity index (χ1v) is 5.20. The molecule has 0 bridgehead atoms. The van der Waals surface area contributed by atoms with Crippen molar-refractivity contribution in [2.75, 3.05) is 0 Å². The van der Waals surface area contributed by atoms with Gasteiger partial charge in [-0.05, 0) is 18.6 Å². The first-order chi connectivity index (χ1) is 6.81. The van der Waals surface area contributed by atoms with Crippen molar-refractivity contribution in [3.8, 4) is 0 Å². The Balaban J connectivity index is 2.15. The van der Waals surface area contributed by atoms with Gasteiger partial charge in [0, 0.05) is 5.92 Å². The number of amidine groups is 1. The normalized spacial score (nSPS) is 15.7. The summed E-state index contributed by atoms with van der Waals surface area (Å²) < 4.78 is 0. The molecule has 1 heterocycles. The average molecular weight is 187 g/mol. The minimum Gasteiger partial charge on any atom is -0.231 e. The second kappa shape index (κ2) is 3.82. The number of hydrogen-bond acceptors (Lipinski definition) is 1. The molecule has 1 aliphatic rings. The van der Waals surface area contributed by atoms with Gasteiger partial charge in [-0.25, -0.2) is 10.3 Å². The third-order valence-electron chi connectivity index (χ3n) is 2.51. The van der Waals surface area contributed by atoms with E-state index in [1.165, 1.54) is 6.42 Å². The molecule has 2 heteroatoms. The molecule has 2 rings (SSSR count). The SMILES string of the molecule is CCCC(C)C1=Nc2ccccc2[N]1. The van der Waals surface area contributed by atoms with Crippen molar-refractivity contribution in [3.05, 3.63) is 24.3 Å². The summed E-state index contributed by atoms with van der Waals surface area (Å²) in [5.74, 6) is 1.47. The zero-order valence-electron chi connectivity index (χ0n) is 8.70. The smallest absolute Gasteiger partial charge is 0.132 e. The van der Waals surface area contributed by atoms with Gasteiger partial charge in [-0.1, -0.05) is 32.4 Å². The molecular weight excluding hydrogens is 172 g/mol. The second-order valence-corrected chi connectivity index (χ2v) is 3.76. The quantitative estimate of drug-likeness (QED) is 0.693. The summed E-state index contributed by atoms with van der Waals surface area (Å²) in [7, 11) is 0. The molecule has 73 valence electrons. The fourth-order valence-corrected chi connectivity index (χ4v) is 1.71. The monoisotopic (exact) mass is 187 g/mol. The van der Waals surface area contributed by atoms with Crippen molar-refractivity contribution in [1.29, 1.82) is 0 Å². The van der Waals surface area contributed by atoms with Crippen LogP contribution in [-0.2, 0) is 0 Å². The maximum Gasteiger partial charge on any atom is 0.132 e. The average Bonchev–Trinajstić information content (AvgIpc) is 2.61. The maximum absolute atomic E-state index is 4.52. The lowest BCUT2D eigenvalue weighted by Crippen LogP contribution is -2.16. The largest absolute Gasteiger partial charge is 0.231 e. The van der Waals surface area contributed by atoms with E-state index in [4.69, 9.17) is 0 Å². The van der Waals surface area contributed by atoms with Gasteiger partial charge in [0.25, 0.3) is 0 Å². The molecule has 0 saturated heterocycles. The number of rotatable bonds is 3. The second-order valence-electron chi connectivity index (χ2n) is 3.76. The van der Waals surface area contributed by atoms with Gasteiger partial charge in [0.1, 0.15) is 5.84 Å². The van der Waals surface area contributed by atoms with E-state index in [0.29, 0.717) is 5.92 Å². The first-order valence-electron chi connectivity index (χ1n) is 5.20. The van der Waals surface area contributed by atoms with E-state index in [1.807, 2.05) is 24.3 Å². The van der Waals surface area contributed by atoms with Crippen LogP contribution in [0.2, 0.25) is 0 Å². The van der Waals surface area contributed by atoms with Crippen molar-refractivity contribution < 1.29 is 0 Å². The number of hydrogen-bond donors (Lipinski definition) is 0. The minimum atomic E-state index is 0.479. The molecule has 0 saturated carbocycles. The summed E-state index contributed by atoms with van der Waals surface area (Å²) in [6.45, 7) is 4.39. The van der Waals surface area contributed by atoms with E-state index in [9.17, 15) is 0 Å². The van der Waals surface area contributed by atoms with Gasteiger partial charge >= 0.3 is 0 Å². The Hall–Kier alpha value is -1.31. The summed E-state index contributed by atoms with van der Waals surface area (Å²) in [5.41, 5.74) is 2.04. The number of aliphatic imine (C=N–C) groups is 1. The number of benzene rings is 1. The molecule has 1 aromatic carbocycles. The van der Waals surface area contributed by atoms with Crippen LogP contribution in [0.15, 0.2) is 29.3 Å². The van der Waals surface area contributed by atoms with E-state index in [2.05, 4.69) is 24.2 Å². The van der Waals surface area contributed by atoms with Gasteiger partial charge < -0.3 is 0 Å². The zero-order chi connectivity index (χ0) is 9.97. The van der Waals surface area contributed by atoms with Gasteiger partial charge in [-0.15, -0.1) is 0 Å². The Morgan fingerprint density at radius 3 is 2.57 bits per heavy atom.